The summed E-state index contributed by atoms with van der Waals surface area (Å²) in [6.07, 6.45) is -5.54. The van der Waals surface area contributed by atoms with Crippen molar-refractivity contribution in [2.24, 2.45) is 11.3 Å². The quantitative estimate of drug-likeness (QED) is 0.833. The lowest BCUT2D eigenvalue weighted by Gasteiger charge is -2.40. The fourth-order valence-corrected chi connectivity index (χ4v) is 2.27. The zero-order valence-electron chi connectivity index (χ0n) is 11.1. The molecule has 1 N–H and O–H groups in total. The number of carbonyl (C=O) groups excluding carboxylic acids is 1. The maximum absolute atomic E-state index is 12.9. The number of alkyl halides is 3. The summed E-state index contributed by atoms with van der Waals surface area (Å²) in [4.78, 5) is 12.2. The molecule has 1 aliphatic heterocycles. The number of hydrogen-bond acceptors (Lipinski definition) is 3. The molecule has 3 unspecified atom stereocenters. The number of hydrogen-bond donors (Lipinski definition) is 1. The number of methoxy groups -OCH3 is 1. The molecule has 1 saturated heterocycles. The van der Waals surface area contributed by atoms with Crippen LogP contribution >= 0.6 is 0 Å². The van der Waals surface area contributed by atoms with Crippen LogP contribution in [0.5, 0.6) is 0 Å². The van der Waals surface area contributed by atoms with E-state index in [1.54, 1.807) is 20.8 Å². The molecule has 0 bridgehead atoms. The first-order valence-electron chi connectivity index (χ1n) is 5.96. The van der Waals surface area contributed by atoms with Crippen molar-refractivity contribution in [2.75, 3.05) is 13.7 Å². The Bertz CT molecular complexity index is 309. The van der Waals surface area contributed by atoms with Gasteiger partial charge in [0.15, 0.2) is 5.78 Å². The Morgan fingerprint density at radius 3 is 2.22 bits per heavy atom. The molecule has 0 amide bonds. The molecule has 0 aliphatic carbocycles. The largest absolute Gasteiger partial charge is 0.394 e. The molecule has 6 heteroatoms. The highest BCUT2D eigenvalue weighted by molar-refractivity contribution is 5.89. The van der Waals surface area contributed by atoms with Gasteiger partial charge in [-0.25, -0.2) is 0 Å². The normalized spacial score (nSPS) is 30.3. The third-order valence-corrected chi connectivity index (χ3v) is 3.26. The molecule has 0 aromatic rings. The number of nitrogens with one attached hydrogen (secondary N) is 1. The first kappa shape index (κ1) is 15.4. The average molecular weight is 267 g/mol. The molecule has 0 aromatic heterocycles. The fraction of sp³-hybridized carbons (Fsp3) is 0.917. The highest BCUT2D eigenvalue weighted by Crippen LogP contribution is 2.37. The maximum Gasteiger partial charge on any atom is 0.394 e. The van der Waals surface area contributed by atoms with Crippen LogP contribution in [0, 0.1) is 11.3 Å². The minimum Gasteiger partial charge on any atom is -0.379 e. The van der Waals surface area contributed by atoms with Crippen LogP contribution in [0.15, 0.2) is 0 Å². The molecular formula is C12H20F3NO2. The van der Waals surface area contributed by atoms with E-state index in [1.807, 2.05) is 0 Å². The molecule has 3 atom stereocenters. The second-order valence-corrected chi connectivity index (χ2v) is 5.68. The van der Waals surface area contributed by atoms with Crippen molar-refractivity contribution in [3.05, 3.63) is 0 Å². The van der Waals surface area contributed by atoms with Crippen molar-refractivity contribution in [3.8, 4) is 0 Å². The van der Waals surface area contributed by atoms with E-state index in [2.05, 4.69) is 5.32 Å². The fourth-order valence-electron chi connectivity index (χ4n) is 2.27. The Kier molecular flexibility index (Phi) is 4.43. The molecule has 0 radical (unpaired) electrons. The molecule has 0 aromatic carbocycles. The molecule has 0 spiro atoms. The van der Waals surface area contributed by atoms with Gasteiger partial charge in [-0.2, -0.15) is 13.2 Å². The van der Waals surface area contributed by atoms with Gasteiger partial charge in [-0.1, -0.05) is 20.8 Å². The van der Waals surface area contributed by atoms with Crippen LogP contribution in [0.1, 0.15) is 27.2 Å². The van der Waals surface area contributed by atoms with E-state index >= 15 is 0 Å². The third kappa shape index (κ3) is 3.23. The minimum atomic E-state index is -4.33. The van der Waals surface area contributed by atoms with Gasteiger partial charge < -0.3 is 10.1 Å². The number of ketones is 1. The number of piperidine rings is 1. The lowest BCUT2D eigenvalue weighted by atomic mass is 9.78. The monoisotopic (exact) mass is 267 g/mol. The Labute approximate surface area is 105 Å². The first-order chi connectivity index (χ1) is 8.09. The topological polar surface area (TPSA) is 38.3 Å². The number of ether oxygens (including phenoxy) is 1. The van der Waals surface area contributed by atoms with Crippen molar-refractivity contribution in [3.63, 3.8) is 0 Å². The first-order valence-corrected chi connectivity index (χ1v) is 5.96. The summed E-state index contributed by atoms with van der Waals surface area (Å²) in [6, 6.07) is -0.893. The van der Waals surface area contributed by atoms with Crippen molar-refractivity contribution in [2.45, 2.75) is 45.5 Å². The number of carbonyl (C=O) groups is 1. The highest BCUT2D eigenvalue weighted by atomic mass is 19.4. The van der Waals surface area contributed by atoms with E-state index < -0.39 is 29.7 Å². The molecule has 3 nitrogen and oxygen atoms in total. The van der Waals surface area contributed by atoms with Gasteiger partial charge in [0.2, 0.25) is 0 Å². The predicted molar refractivity (Wildman–Crippen MR) is 61.2 cm³/mol. The standard InChI is InChI=1S/C12H20F3NO2/c1-11(2,3)10(17)8-9(18-4)7(5-6-16-8)12(13,14)15/h7-9,16H,5-6H2,1-4H3. The summed E-state index contributed by atoms with van der Waals surface area (Å²) in [7, 11) is 1.22. The highest BCUT2D eigenvalue weighted by Gasteiger charge is 2.51. The number of rotatable bonds is 2. The summed E-state index contributed by atoms with van der Waals surface area (Å²) < 4.78 is 43.6. The van der Waals surface area contributed by atoms with Gasteiger partial charge in [-0.05, 0) is 13.0 Å². The van der Waals surface area contributed by atoms with Gasteiger partial charge >= 0.3 is 6.18 Å². The van der Waals surface area contributed by atoms with Crippen LogP contribution in [-0.2, 0) is 9.53 Å². The molecular weight excluding hydrogens is 247 g/mol. The van der Waals surface area contributed by atoms with Crippen molar-refractivity contribution in [1.29, 1.82) is 0 Å². The summed E-state index contributed by atoms with van der Waals surface area (Å²) in [5, 5.41) is 2.85. The van der Waals surface area contributed by atoms with Crippen LogP contribution in [0.4, 0.5) is 13.2 Å². The molecule has 1 heterocycles. The average Bonchev–Trinajstić information content (AvgIpc) is 2.24. The smallest absolute Gasteiger partial charge is 0.379 e. The van der Waals surface area contributed by atoms with Gasteiger partial charge in [-0.3, -0.25) is 4.79 Å². The van der Waals surface area contributed by atoms with Crippen LogP contribution in [0.25, 0.3) is 0 Å². The van der Waals surface area contributed by atoms with Crippen LogP contribution in [0.3, 0.4) is 0 Å². The Hall–Kier alpha value is -0.620. The minimum absolute atomic E-state index is 0.0596. The van der Waals surface area contributed by atoms with E-state index in [1.165, 1.54) is 7.11 Å². The lowest BCUT2D eigenvalue weighted by molar-refractivity contribution is -0.215. The Morgan fingerprint density at radius 1 is 1.28 bits per heavy atom. The van der Waals surface area contributed by atoms with E-state index in [0.29, 0.717) is 0 Å². The van der Waals surface area contributed by atoms with Crippen molar-refractivity contribution >= 4 is 5.78 Å². The van der Waals surface area contributed by atoms with Gasteiger partial charge in [0.1, 0.15) is 0 Å². The van der Waals surface area contributed by atoms with Crippen LogP contribution in [-0.4, -0.2) is 37.8 Å². The summed E-state index contributed by atoms with van der Waals surface area (Å²) in [5.41, 5.74) is -0.693. The summed E-state index contributed by atoms with van der Waals surface area (Å²) in [6.45, 7) is 5.26. The van der Waals surface area contributed by atoms with E-state index in [0.717, 1.165) is 0 Å². The maximum atomic E-state index is 12.9. The van der Waals surface area contributed by atoms with Gasteiger partial charge in [-0.15, -0.1) is 0 Å². The van der Waals surface area contributed by atoms with Gasteiger partial charge in [0, 0.05) is 12.5 Å². The van der Waals surface area contributed by atoms with Crippen LogP contribution in [0.2, 0.25) is 0 Å². The summed E-state index contributed by atoms with van der Waals surface area (Å²) in [5.74, 6) is -1.83. The number of Topliss-reactive ketones (excluding diaryl/α,β-unsaturated/α-hetero) is 1. The molecule has 1 fully saturated rings. The second kappa shape index (κ2) is 5.17. The number of halogens is 3. The molecule has 1 rings (SSSR count). The molecule has 106 valence electrons. The zero-order valence-corrected chi connectivity index (χ0v) is 11.1. The summed E-state index contributed by atoms with van der Waals surface area (Å²) >= 11 is 0. The van der Waals surface area contributed by atoms with Crippen molar-refractivity contribution < 1.29 is 22.7 Å². The Balaban J connectivity index is 2.96. The van der Waals surface area contributed by atoms with E-state index in [4.69, 9.17) is 4.74 Å². The van der Waals surface area contributed by atoms with Crippen LogP contribution < -0.4 is 5.32 Å². The van der Waals surface area contributed by atoms with Gasteiger partial charge in [0.25, 0.3) is 0 Å². The molecule has 18 heavy (non-hydrogen) atoms. The Morgan fingerprint density at radius 2 is 1.83 bits per heavy atom. The zero-order chi connectivity index (χ0) is 14.1. The predicted octanol–water partition coefficient (Wildman–Crippen LogP) is 2.16. The molecule has 0 saturated carbocycles. The van der Waals surface area contributed by atoms with Crippen molar-refractivity contribution in [1.82, 2.24) is 5.32 Å². The molecule has 1 aliphatic rings. The lowest BCUT2D eigenvalue weighted by Crippen LogP contribution is -2.60. The van der Waals surface area contributed by atoms with Gasteiger partial charge in [0.05, 0.1) is 18.1 Å². The van der Waals surface area contributed by atoms with E-state index in [9.17, 15) is 18.0 Å². The third-order valence-electron chi connectivity index (χ3n) is 3.26. The second-order valence-electron chi connectivity index (χ2n) is 5.68. The SMILES string of the molecule is COC1C(C(=O)C(C)(C)C)NCCC1C(F)(F)F. The van der Waals surface area contributed by atoms with E-state index in [-0.39, 0.29) is 18.7 Å².